The number of hydrogen-bond donors (Lipinski definition) is 0. The molecule has 0 aromatic heterocycles. The fourth-order valence-corrected chi connectivity index (χ4v) is 4.83. The van der Waals surface area contributed by atoms with E-state index in [9.17, 15) is 10.1 Å². The van der Waals surface area contributed by atoms with Crippen LogP contribution in [-0.4, -0.2) is 17.7 Å². The third-order valence-electron chi connectivity index (χ3n) is 5.51. The summed E-state index contributed by atoms with van der Waals surface area (Å²) in [7, 11) is 1.94. The Balaban J connectivity index is 1.90. The quantitative estimate of drug-likeness (QED) is 0.410. The first kappa shape index (κ1) is 18.4. The predicted molar refractivity (Wildman–Crippen MR) is 108 cm³/mol. The molecule has 0 saturated carbocycles. The van der Waals surface area contributed by atoms with Gasteiger partial charge in [0.15, 0.2) is 0 Å². The average molecular weight is 426 g/mol. The minimum Gasteiger partial charge on any atom is -0.463 e. The molecular formula is C19H15Cl3N2O3. The molecule has 0 saturated heterocycles. The van der Waals surface area contributed by atoms with E-state index in [0.29, 0.717) is 16.3 Å². The average Bonchev–Trinajstić information content (AvgIpc) is 2.73. The standard InChI is InChI=1S/C19H15Cl3N2O3/c1-18(2)12-8-10(20)4-5-14(12)23(3)19(18)7-6-11-15(27-19)9-13(21)17(16(11)22)24(25)26/h4-9H,1-3H3. The Labute approximate surface area is 171 Å². The monoisotopic (exact) mass is 424 g/mol. The number of ether oxygens (including phenoxy) is 1. The maximum Gasteiger partial charge on any atom is 0.307 e. The minimum absolute atomic E-state index is 0.0346. The smallest absolute Gasteiger partial charge is 0.307 e. The Morgan fingerprint density at radius 3 is 2.56 bits per heavy atom. The van der Waals surface area contributed by atoms with Crippen molar-refractivity contribution >= 4 is 52.3 Å². The van der Waals surface area contributed by atoms with Crippen molar-refractivity contribution in [1.29, 1.82) is 0 Å². The molecule has 0 N–H and O–H groups in total. The topological polar surface area (TPSA) is 55.6 Å². The van der Waals surface area contributed by atoms with Gasteiger partial charge in [-0.15, -0.1) is 0 Å². The van der Waals surface area contributed by atoms with Gasteiger partial charge in [0.05, 0.1) is 10.3 Å². The molecular weight excluding hydrogens is 411 g/mol. The zero-order chi connectivity index (χ0) is 19.7. The molecule has 4 rings (SSSR count). The summed E-state index contributed by atoms with van der Waals surface area (Å²) in [5, 5.41) is 11.8. The van der Waals surface area contributed by atoms with E-state index in [0.717, 1.165) is 11.3 Å². The molecule has 0 aliphatic carbocycles. The molecule has 0 bridgehead atoms. The molecule has 27 heavy (non-hydrogen) atoms. The normalized spacial score (nSPS) is 21.8. The van der Waals surface area contributed by atoms with Crippen LogP contribution in [0.4, 0.5) is 11.4 Å². The van der Waals surface area contributed by atoms with Gasteiger partial charge >= 0.3 is 5.69 Å². The summed E-state index contributed by atoms with van der Waals surface area (Å²) >= 11 is 18.6. The van der Waals surface area contributed by atoms with Crippen molar-refractivity contribution in [1.82, 2.24) is 0 Å². The molecule has 1 unspecified atom stereocenters. The van der Waals surface area contributed by atoms with Gasteiger partial charge in [-0.3, -0.25) is 10.1 Å². The lowest BCUT2D eigenvalue weighted by molar-refractivity contribution is -0.384. The largest absolute Gasteiger partial charge is 0.463 e. The highest BCUT2D eigenvalue weighted by Crippen LogP contribution is 2.56. The van der Waals surface area contributed by atoms with Gasteiger partial charge in [0.25, 0.3) is 0 Å². The second kappa shape index (κ2) is 5.77. The van der Waals surface area contributed by atoms with Crippen LogP contribution in [0.25, 0.3) is 6.08 Å². The van der Waals surface area contributed by atoms with E-state index >= 15 is 0 Å². The lowest BCUT2D eigenvalue weighted by atomic mass is 9.76. The van der Waals surface area contributed by atoms with Crippen molar-refractivity contribution in [2.75, 3.05) is 11.9 Å². The van der Waals surface area contributed by atoms with Crippen LogP contribution in [0, 0.1) is 10.1 Å². The molecule has 2 aliphatic rings. The van der Waals surface area contributed by atoms with Crippen molar-refractivity contribution in [2.24, 2.45) is 0 Å². The Bertz CT molecular complexity index is 1040. The Morgan fingerprint density at radius 1 is 1.19 bits per heavy atom. The summed E-state index contributed by atoms with van der Waals surface area (Å²) < 4.78 is 6.43. The lowest BCUT2D eigenvalue weighted by Crippen LogP contribution is -2.58. The van der Waals surface area contributed by atoms with Crippen LogP contribution in [0.2, 0.25) is 15.1 Å². The van der Waals surface area contributed by atoms with Crippen molar-refractivity contribution in [3.05, 3.63) is 66.7 Å². The second-order valence-electron chi connectivity index (χ2n) is 7.17. The van der Waals surface area contributed by atoms with Gasteiger partial charge in [-0.2, -0.15) is 0 Å². The van der Waals surface area contributed by atoms with Crippen molar-refractivity contribution < 1.29 is 9.66 Å². The molecule has 5 nitrogen and oxygen atoms in total. The number of nitro groups is 1. The molecule has 0 amide bonds. The lowest BCUT2D eigenvalue weighted by Gasteiger charge is -2.45. The molecule has 0 fully saturated rings. The maximum absolute atomic E-state index is 11.3. The van der Waals surface area contributed by atoms with Crippen molar-refractivity contribution in [3.63, 3.8) is 0 Å². The first-order valence-corrected chi connectivity index (χ1v) is 9.32. The van der Waals surface area contributed by atoms with E-state index < -0.39 is 16.1 Å². The van der Waals surface area contributed by atoms with Gasteiger partial charge in [0.2, 0.25) is 5.72 Å². The summed E-state index contributed by atoms with van der Waals surface area (Å²) in [6.07, 6.45) is 3.64. The molecule has 2 aromatic carbocycles. The zero-order valence-electron chi connectivity index (χ0n) is 14.7. The highest BCUT2D eigenvalue weighted by molar-refractivity contribution is 6.39. The number of hydrogen-bond acceptors (Lipinski definition) is 4. The Hall–Kier alpha value is -1.95. The van der Waals surface area contributed by atoms with Crippen LogP contribution >= 0.6 is 34.8 Å². The number of fused-ring (bicyclic) bond motifs is 2. The van der Waals surface area contributed by atoms with Crippen molar-refractivity contribution in [2.45, 2.75) is 25.0 Å². The van der Waals surface area contributed by atoms with Gasteiger partial charge < -0.3 is 9.64 Å². The molecule has 2 aliphatic heterocycles. The Morgan fingerprint density at radius 2 is 1.89 bits per heavy atom. The van der Waals surface area contributed by atoms with Gasteiger partial charge in [-0.25, -0.2) is 0 Å². The van der Waals surface area contributed by atoms with Crippen LogP contribution < -0.4 is 9.64 Å². The SMILES string of the molecule is CN1c2ccc(Cl)cc2C(C)(C)C12C=Cc1c(cc(Cl)c([N+](=O)[O-])c1Cl)O2. The molecule has 1 atom stereocenters. The number of benzene rings is 2. The van der Waals surface area contributed by atoms with Crippen LogP contribution in [-0.2, 0) is 5.41 Å². The fourth-order valence-electron chi connectivity index (χ4n) is 4.02. The number of nitrogens with zero attached hydrogens (tertiary/aromatic N) is 2. The van der Waals surface area contributed by atoms with E-state index in [-0.39, 0.29) is 15.7 Å². The van der Waals surface area contributed by atoms with Gasteiger partial charge in [-0.1, -0.05) is 34.8 Å². The van der Waals surface area contributed by atoms with Crippen LogP contribution in [0.1, 0.15) is 25.0 Å². The fraction of sp³-hybridized carbons (Fsp3) is 0.263. The third-order valence-corrected chi connectivity index (χ3v) is 6.41. The third kappa shape index (κ3) is 2.32. The second-order valence-corrected chi connectivity index (χ2v) is 8.39. The van der Waals surface area contributed by atoms with E-state index in [1.165, 1.54) is 6.07 Å². The van der Waals surface area contributed by atoms with E-state index in [2.05, 4.69) is 13.8 Å². The van der Waals surface area contributed by atoms with Crippen LogP contribution in [0.3, 0.4) is 0 Å². The first-order valence-electron chi connectivity index (χ1n) is 8.18. The number of rotatable bonds is 1. The molecule has 2 heterocycles. The van der Waals surface area contributed by atoms with Crippen LogP contribution in [0.5, 0.6) is 5.75 Å². The number of likely N-dealkylation sites (N-methyl/N-ethyl adjacent to an activating group) is 1. The first-order chi connectivity index (χ1) is 12.6. The van der Waals surface area contributed by atoms with Gasteiger partial charge in [-0.05, 0) is 49.8 Å². The highest BCUT2D eigenvalue weighted by Gasteiger charge is 2.58. The summed E-state index contributed by atoms with van der Waals surface area (Å²) in [4.78, 5) is 12.7. The molecule has 140 valence electrons. The summed E-state index contributed by atoms with van der Waals surface area (Å²) in [5.74, 6) is 0.400. The highest BCUT2D eigenvalue weighted by atomic mass is 35.5. The predicted octanol–water partition coefficient (Wildman–Crippen LogP) is 6.08. The number of anilines is 1. The minimum atomic E-state index is -0.851. The zero-order valence-corrected chi connectivity index (χ0v) is 17.0. The summed E-state index contributed by atoms with van der Waals surface area (Å²) in [5.41, 5.74) is 0.848. The Kier molecular flexibility index (Phi) is 3.94. The van der Waals surface area contributed by atoms with E-state index in [1.54, 1.807) is 6.08 Å². The van der Waals surface area contributed by atoms with E-state index in [1.807, 2.05) is 36.2 Å². The maximum atomic E-state index is 11.3. The number of halogens is 3. The summed E-state index contributed by atoms with van der Waals surface area (Å²) in [6.45, 7) is 4.13. The van der Waals surface area contributed by atoms with Crippen molar-refractivity contribution in [3.8, 4) is 5.75 Å². The van der Waals surface area contributed by atoms with Crippen LogP contribution in [0.15, 0.2) is 30.3 Å². The molecule has 8 heteroatoms. The number of nitro benzene ring substituents is 1. The van der Waals surface area contributed by atoms with E-state index in [4.69, 9.17) is 39.5 Å². The van der Waals surface area contributed by atoms with Gasteiger partial charge in [0, 0.05) is 29.4 Å². The van der Waals surface area contributed by atoms with Gasteiger partial charge in [0.1, 0.15) is 15.8 Å². The molecule has 2 aromatic rings. The molecule has 0 radical (unpaired) electrons. The summed E-state index contributed by atoms with van der Waals surface area (Å²) in [6, 6.07) is 7.18. The molecule has 1 spiro atoms.